The van der Waals surface area contributed by atoms with E-state index in [2.05, 4.69) is 0 Å². The number of aliphatic hydroxyl groups excluding tert-OH is 1. The fourth-order valence-corrected chi connectivity index (χ4v) is 1.82. The van der Waals surface area contributed by atoms with Gasteiger partial charge in [0.2, 0.25) is 0 Å². The molecule has 0 bridgehead atoms. The lowest BCUT2D eigenvalue weighted by Gasteiger charge is -2.15. The number of aliphatic hydroxyl groups is 1. The predicted molar refractivity (Wildman–Crippen MR) is 66.4 cm³/mol. The molecule has 0 spiro atoms. The van der Waals surface area contributed by atoms with E-state index in [-0.39, 0.29) is 12.8 Å². The molecule has 100 valence electrons. The number of hydrogen-bond acceptors (Lipinski definition) is 4. The van der Waals surface area contributed by atoms with Crippen LogP contribution in [0.5, 0.6) is 11.5 Å². The third-order valence-corrected chi connectivity index (χ3v) is 2.82. The van der Waals surface area contributed by atoms with Crippen molar-refractivity contribution in [1.82, 2.24) is 0 Å². The molecule has 0 saturated heterocycles. The fourth-order valence-electron chi connectivity index (χ4n) is 1.54. The van der Waals surface area contributed by atoms with E-state index in [1.54, 1.807) is 6.07 Å². The lowest BCUT2D eigenvalue weighted by Crippen LogP contribution is -2.04. The number of aliphatic carboxylic acids is 1. The van der Waals surface area contributed by atoms with Crippen LogP contribution in [0.15, 0.2) is 12.1 Å². The summed E-state index contributed by atoms with van der Waals surface area (Å²) in [6.07, 6.45) is -0.996. The van der Waals surface area contributed by atoms with Crippen LogP contribution in [0.4, 0.5) is 0 Å². The Morgan fingerprint density at radius 2 is 1.89 bits per heavy atom. The van der Waals surface area contributed by atoms with Crippen LogP contribution in [0.3, 0.4) is 0 Å². The summed E-state index contributed by atoms with van der Waals surface area (Å²) in [5, 5.41) is 18.8. The Hall–Kier alpha value is -1.46. The van der Waals surface area contributed by atoms with Crippen LogP contribution in [0, 0.1) is 0 Å². The van der Waals surface area contributed by atoms with Gasteiger partial charge in [-0.1, -0.05) is 11.6 Å². The number of rotatable bonds is 6. The van der Waals surface area contributed by atoms with Crippen LogP contribution in [-0.4, -0.2) is 30.4 Å². The quantitative estimate of drug-likeness (QED) is 0.832. The van der Waals surface area contributed by atoms with Crippen LogP contribution in [0.1, 0.15) is 24.5 Å². The van der Waals surface area contributed by atoms with E-state index in [9.17, 15) is 9.90 Å². The second-order valence-corrected chi connectivity index (χ2v) is 4.08. The molecule has 1 atom stereocenters. The van der Waals surface area contributed by atoms with Crippen molar-refractivity contribution in [1.29, 1.82) is 0 Å². The van der Waals surface area contributed by atoms with E-state index in [1.807, 2.05) is 0 Å². The van der Waals surface area contributed by atoms with Crippen molar-refractivity contribution >= 4 is 17.6 Å². The van der Waals surface area contributed by atoms with Gasteiger partial charge in [0.05, 0.1) is 25.3 Å². The minimum Gasteiger partial charge on any atom is -0.493 e. The average Bonchev–Trinajstić information content (AvgIpc) is 2.35. The first-order chi connectivity index (χ1) is 8.49. The zero-order chi connectivity index (χ0) is 13.7. The first kappa shape index (κ1) is 14.6. The summed E-state index contributed by atoms with van der Waals surface area (Å²) in [7, 11) is 2.95. The Bertz CT molecular complexity index is 433. The van der Waals surface area contributed by atoms with Gasteiger partial charge < -0.3 is 19.7 Å². The largest absolute Gasteiger partial charge is 0.493 e. The van der Waals surface area contributed by atoms with Gasteiger partial charge >= 0.3 is 5.97 Å². The Labute approximate surface area is 110 Å². The van der Waals surface area contributed by atoms with Gasteiger partial charge in [-0.05, 0) is 12.5 Å². The number of hydrogen-bond donors (Lipinski definition) is 2. The highest BCUT2D eigenvalue weighted by Gasteiger charge is 2.17. The maximum absolute atomic E-state index is 10.5. The molecule has 0 aliphatic heterocycles. The van der Waals surface area contributed by atoms with Crippen molar-refractivity contribution in [3.05, 3.63) is 22.7 Å². The number of ether oxygens (including phenoxy) is 2. The zero-order valence-corrected chi connectivity index (χ0v) is 10.9. The van der Waals surface area contributed by atoms with Gasteiger partial charge in [0.25, 0.3) is 0 Å². The number of halogens is 1. The highest BCUT2D eigenvalue weighted by Crippen LogP contribution is 2.36. The van der Waals surface area contributed by atoms with Gasteiger partial charge in [-0.15, -0.1) is 0 Å². The van der Waals surface area contributed by atoms with E-state index < -0.39 is 12.1 Å². The second kappa shape index (κ2) is 6.47. The van der Waals surface area contributed by atoms with Gasteiger partial charge in [0.1, 0.15) is 0 Å². The summed E-state index contributed by atoms with van der Waals surface area (Å²) < 4.78 is 10.2. The van der Waals surface area contributed by atoms with Crippen LogP contribution in [0.2, 0.25) is 5.02 Å². The number of methoxy groups -OCH3 is 2. The standard InChI is InChI=1S/C12H15ClO5/c1-17-10-5-7(8(13)6-11(10)18-2)9(14)3-4-12(15)16/h5-6,9,14H,3-4H2,1-2H3,(H,15,16)/t9-/m1/s1. The van der Waals surface area contributed by atoms with Crippen molar-refractivity contribution < 1.29 is 24.5 Å². The molecule has 6 heteroatoms. The Morgan fingerprint density at radius 1 is 1.33 bits per heavy atom. The van der Waals surface area contributed by atoms with E-state index in [4.69, 9.17) is 26.2 Å². The van der Waals surface area contributed by atoms with Crippen molar-refractivity contribution in [3.8, 4) is 11.5 Å². The average molecular weight is 275 g/mol. The van der Waals surface area contributed by atoms with Gasteiger partial charge in [-0.2, -0.15) is 0 Å². The molecule has 5 nitrogen and oxygen atoms in total. The molecule has 0 aromatic heterocycles. The molecule has 18 heavy (non-hydrogen) atoms. The van der Waals surface area contributed by atoms with Crippen LogP contribution >= 0.6 is 11.6 Å². The van der Waals surface area contributed by atoms with E-state index in [1.165, 1.54) is 20.3 Å². The summed E-state index contributed by atoms with van der Waals surface area (Å²) in [6, 6.07) is 3.08. The zero-order valence-electron chi connectivity index (χ0n) is 10.1. The maximum atomic E-state index is 10.5. The Balaban J connectivity index is 2.97. The summed E-state index contributed by atoms with van der Waals surface area (Å²) >= 11 is 6.00. The first-order valence-corrected chi connectivity index (χ1v) is 5.68. The smallest absolute Gasteiger partial charge is 0.303 e. The molecule has 0 aliphatic carbocycles. The summed E-state index contributed by atoms with van der Waals surface area (Å²) in [5.74, 6) is -0.0754. The van der Waals surface area contributed by atoms with Gasteiger partial charge in [0.15, 0.2) is 11.5 Å². The fraction of sp³-hybridized carbons (Fsp3) is 0.417. The molecular formula is C12H15ClO5. The number of carbonyl (C=O) groups is 1. The number of carboxylic acid groups (broad SMARTS) is 1. The monoisotopic (exact) mass is 274 g/mol. The van der Waals surface area contributed by atoms with E-state index in [0.717, 1.165) is 0 Å². The molecule has 0 saturated carbocycles. The van der Waals surface area contributed by atoms with Crippen LogP contribution in [0.25, 0.3) is 0 Å². The molecule has 0 radical (unpaired) electrons. The maximum Gasteiger partial charge on any atom is 0.303 e. The topological polar surface area (TPSA) is 76.0 Å². The third kappa shape index (κ3) is 3.51. The molecular weight excluding hydrogens is 260 g/mol. The molecule has 2 N–H and O–H groups in total. The van der Waals surface area contributed by atoms with Gasteiger partial charge in [-0.3, -0.25) is 4.79 Å². The van der Waals surface area contributed by atoms with Crippen molar-refractivity contribution in [3.63, 3.8) is 0 Å². The summed E-state index contributed by atoms with van der Waals surface area (Å²) in [6.45, 7) is 0. The van der Waals surface area contributed by atoms with Crippen LogP contribution in [-0.2, 0) is 4.79 Å². The van der Waals surface area contributed by atoms with Crippen LogP contribution < -0.4 is 9.47 Å². The third-order valence-electron chi connectivity index (χ3n) is 2.49. The lowest BCUT2D eigenvalue weighted by atomic mass is 10.0. The van der Waals surface area contributed by atoms with E-state index >= 15 is 0 Å². The minimum absolute atomic E-state index is 0.0878. The molecule has 0 unspecified atom stereocenters. The number of benzene rings is 1. The van der Waals surface area contributed by atoms with Crippen molar-refractivity contribution in [2.24, 2.45) is 0 Å². The Kier molecular flexibility index (Phi) is 5.25. The first-order valence-electron chi connectivity index (χ1n) is 5.30. The molecule has 0 heterocycles. The molecule has 1 rings (SSSR count). The predicted octanol–water partition coefficient (Wildman–Crippen LogP) is 2.26. The molecule has 0 aliphatic rings. The second-order valence-electron chi connectivity index (χ2n) is 3.68. The molecule has 0 fully saturated rings. The highest BCUT2D eigenvalue weighted by molar-refractivity contribution is 6.31. The molecule has 1 aromatic rings. The Morgan fingerprint density at radius 3 is 2.39 bits per heavy atom. The van der Waals surface area contributed by atoms with Crippen molar-refractivity contribution in [2.45, 2.75) is 18.9 Å². The summed E-state index contributed by atoms with van der Waals surface area (Å²) in [4.78, 5) is 10.5. The normalized spacial score (nSPS) is 12.0. The molecule has 1 aromatic carbocycles. The van der Waals surface area contributed by atoms with Gasteiger partial charge in [-0.25, -0.2) is 0 Å². The number of carboxylic acids is 1. The highest BCUT2D eigenvalue weighted by atomic mass is 35.5. The molecule has 0 amide bonds. The van der Waals surface area contributed by atoms with E-state index in [0.29, 0.717) is 22.1 Å². The van der Waals surface area contributed by atoms with Crippen molar-refractivity contribution in [2.75, 3.05) is 14.2 Å². The summed E-state index contributed by atoms with van der Waals surface area (Å²) in [5.41, 5.74) is 0.426. The van der Waals surface area contributed by atoms with Gasteiger partial charge in [0, 0.05) is 18.1 Å². The lowest BCUT2D eigenvalue weighted by molar-refractivity contribution is -0.137. The SMILES string of the molecule is COc1cc(Cl)c([C@H](O)CCC(=O)O)cc1OC. The minimum atomic E-state index is -0.967.